The lowest BCUT2D eigenvalue weighted by Gasteiger charge is -2.28. The van der Waals surface area contributed by atoms with E-state index in [1.807, 2.05) is 6.07 Å². The molecule has 3 heterocycles. The van der Waals surface area contributed by atoms with Crippen molar-refractivity contribution in [3.8, 4) is 23.1 Å². The summed E-state index contributed by atoms with van der Waals surface area (Å²) in [5.74, 6) is 7.21. The Morgan fingerprint density at radius 3 is 2.43 bits per heavy atom. The standard InChI is InChI=1S/C29H34N6O2/c1-2-3-4-5-23-22-24(6-11-28(23)33-35-16-20-37-21-17-35)27-12-13-30-29(32-27)31-25-7-9-26(10-8-25)34-14-18-36-19-15-34/h6-13,22,33H,2-3,14-21H2,1H3,(H,30,31,32). The number of hydrogen-bond acceptors (Lipinski definition) is 8. The fraction of sp³-hybridized carbons (Fsp3) is 0.379. The van der Waals surface area contributed by atoms with Gasteiger partial charge in [-0.3, -0.25) is 0 Å². The van der Waals surface area contributed by atoms with E-state index in [9.17, 15) is 0 Å². The maximum Gasteiger partial charge on any atom is 0.227 e. The minimum atomic E-state index is 0.561. The number of rotatable bonds is 7. The molecule has 0 radical (unpaired) electrons. The van der Waals surface area contributed by atoms with E-state index in [1.165, 1.54) is 5.69 Å². The van der Waals surface area contributed by atoms with Crippen LogP contribution >= 0.6 is 0 Å². The van der Waals surface area contributed by atoms with Crippen molar-refractivity contribution < 1.29 is 9.47 Å². The molecular formula is C29H34N6O2. The predicted octanol–water partition coefficient (Wildman–Crippen LogP) is 4.53. The lowest BCUT2D eigenvalue weighted by Crippen LogP contribution is -2.40. The molecule has 0 saturated carbocycles. The molecule has 8 nitrogen and oxygen atoms in total. The van der Waals surface area contributed by atoms with Crippen LogP contribution in [0, 0.1) is 11.8 Å². The Hall–Kier alpha value is -3.64. The summed E-state index contributed by atoms with van der Waals surface area (Å²) >= 11 is 0. The van der Waals surface area contributed by atoms with Crippen LogP contribution in [0.2, 0.25) is 0 Å². The summed E-state index contributed by atoms with van der Waals surface area (Å²) in [7, 11) is 0. The van der Waals surface area contributed by atoms with Crippen molar-refractivity contribution in [3.05, 3.63) is 60.3 Å². The van der Waals surface area contributed by atoms with E-state index in [1.54, 1.807) is 6.20 Å². The van der Waals surface area contributed by atoms with Crippen molar-refractivity contribution in [3.63, 3.8) is 0 Å². The number of nitrogens with zero attached hydrogens (tertiary/aromatic N) is 4. The summed E-state index contributed by atoms with van der Waals surface area (Å²) in [5, 5.41) is 5.52. The highest BCUT2D eigenvalue weighted by Crippen LogP contribution is 2.26. The number of ether oxygens (including phenoxy) is 2. The molecule has 2 fully saturated rings. The van der Waals surface area contributed by atoms with Gasteiger partial charge in [-0.15, -0.1) is 0 Å². The van der Waals surface area contributed by atoms with E-state index < -0.39 is 0 Å². The molecule has 0 bridgehead atoms. The van der Waals surface area contributed by atoms with E-state index in [2.05, 4.69) is 86.9 Å². The van der Waals surface area contributed by atoms with Crippen LogP contribution in [0.4, 0.5) is 23.0 Å². The van der Waals surface area contributed by atoms with Crippen molar-refractivity contribution in [2.75, 3.05) is 68.2 Å². The molecule has 1 aromatic heterocycles. The Kier molecular flexibility index (Phi) is 8.49. The molecule has 37 heavy (non-hydrogen) atoms. The minimum Gasteiger partial charge on any atom is -0.379 e. The zero-order valence-corrected chi connectivity index (χ0v) is 21.4. The first kappa shape index (κ1) is 25.0. The smallest absolute Gasteiger partial charge is 0.227 e. The van der Waals surface area contributed by atoms with Gasteiger partial charge in [-0.05, 0) is 48.9 Å². The van der Waals surface area contributed by atoms with E-state index in [4.69, 9.17) is 14.5 Å². The molecule has 2 aliphatic heterocycles. The molecule has 0 atom stereocenters. The van der Waals surface area contributed by atoms with Crippen molar-refractivity contribution in [2.45, 2.75) is 19.8 Å². The average Bonchev–Trinajstić information content (AvgIpc) is 2.96. The number of aromatic nitrogens is 2. The predicted molar refractivity (Wildman–Crippen MR) is 148 cm³/mol. The lowest BCUT2D eigenvalue weighted by molar-refractivity contribution is 0.0497. The Bertz CT molecular complexity index is 1230. The molecule has 2 saturated heterocycles. The summed E-state index contributed by atoms with van der Waals surface area (Å²) < 4.78 is 10.9. The molecule has 2 N–H and O–H groups in total. The van der Waals surface area contributed by atoms with Gasteiger partial charge in [-0.1, -0.05) is 24.8 Å². The molecule has 2 aliphatic rings. The van der Waals surface area contributed by atoms with Gasteiger partial charge in [0.05, 0.1) is 37.8 Å². The Morgan fingerprint density at radius 1 is 0.919 bits per heavy atom. The van der Waals surface area contributed by atoms with Crippen LogP contribution in [0.3, 0.4) is 0 Å². The number of hydrazine groups is 1. The van der Waals surface area contributed by atoms with E-state index >= 15 is 0 Å². The maximum atomic E-state index is 5.47. The number of morpholine rings is 2. The summed E-state index contributed by atoms with van der Waals surface area (Å²) in [6, 6.07) is 16.6. The van der Waals surface area contributed by atoms with Gasteiger partial charge in [0.1, 0.15) is 0 Å². The summed E-state index contributed by atoms with van der Waals surface area (Å²) in [5.41, 5.74) is 9.48. The van der Waals surface area contributed by atoms with E-state index in [0.717, 1.165) is 93.6 Å². The fourth-order valence-electron chi connectivity index (χ4n) is 4.32. The topological polar surface area (TPSA) is 74.8 Å². The monoisotopic (exact) mass is 498 g/mol. The van der Waals surface area contributed by atoms with Crippen LogP contribution in [0.5, 0.6) is 0 Å². The van der Waals surface area contributed by atoms with Gasteiger partial charge in [-0.2, -0.15) is 0 Å². The van der Waals surface area contributed by atoms with Gasteiger partial charge in [0.25, 0.3) is 0 Å². The molecule has 2 aromatic carbocycles. The zero-order chi connectivity index (χ0) is 25.3. The second-order valence-corrected chi connectivity index (χ2v) is 9.06. The summed E-state index contributed by atoms with van der Waals surface area (Å²) in [4.78, 5) is 11.6. The van der Waals surface area contributed by atoms with Gasteiger partial charge in [-0.25, -0.2) is 15.0 Å². The number of benzene rings is 2. The normalized spacial score (nSPS) is 16.1. The largest absolute Gasteiger partial charge is 0.379 e. The third-order valence-corrected chi connectivity index (χ3v) is 6.36. The second kappa shape index (κ2) is 12.5. The Labute approximate surface area is 219 Å². The molecule has 0 unspecified atom stereocenters. The van der Waals surface area contributed by atoms with E-state index in [-0.39, 0.29) is 0 Å². The van der Waals surface area contributed by atoms with E-state index in [0.29, 0.717) is 5.95 Å². The van der Waals surface area contributed by atoms with Gasteiger partial charge >= 0.3 is 0 Å². The fourth-order valence-corrected chi connectivity index (χ4v) is 4.32. The third kappa shape index (κ3) is 6.77. The third-order valence-electron chi connectivity index (χ3n) is 6.36. The molecule has 0 spiro atoms. The van der Waals surface area contributed by atoms with Gasteiger partial charge < -0.3 is 25.1 Å². The van der Waals surface area contributed by atoms with Crippen molar-refractivity contribution >= 4 is 23.0 Å². The van der Waals surface area contributed by atoms with Crippen molar-refractivity contribution in [2.24, 2.45) is 0 Å². The van der Waals surface area contributed by atoms with Crippen LogP contribution in [-0.2, 0) is 9.47 Å². The highest BCUT2D eigenvalue weighted by Gasteiger charge is 2.14. The summed E-state index contributed by atoms with van der Waals surface area (Å²) in [6.45, 7) is 8.68. The molecule has 5 rings (SSSR count). The highest BCUT2D eigenvalue weighted by atomic mass is 16.5. The van der Waals surface area contributed by atoms with Crippen LogP contribution in [0.25, 0.3) is 11.3 Å². The molecule has 0 aliphatic carbocycles. The number of hydrogen-bond donors (Lipinski definition) is 2. The average molecular weight is 499 g/mol. The first-order chi connectivity index (χ1) is 18.3. The molecule has 0 amide bonds. The first-order valence-electron chi connectivity index (χ1n) is 13.0. The number of nitrogens with one attached hydrogen (secondary N) is 2. The Morgan fingerprint density at radius 2 is 1.68 bits per heavy atom. The highest BCUT2D eigenvalue weighted by molar-refractivity contribution is 5.70. The quantitative estimate of drug-likeness (QED) is 0.460. The minimum absolute atomic E-state index is 0.561. The Balaban J connectivity index is 1.33. The summed E-state index contributed by atoms with van der Waals surface area (Å²) in [6.07, 6.45) is 3.69. The zero-order valence-electron chi connectivity index (χ0n) is 21.4. The van der Waals surface area contributed by atoms with Crippen LogP contribution in [-0.4, -0.2) is 67.6 Å². The SMILES string of the molecule is CCCC#Cc1cc(-c2ccnc(Nc3ccc(N4CCOCC4)cc3)n2)ccc1NN1CCOCC1. The van der Waals surface area contributed by atoms with Gasteiger partial charge in [0, 0.05) is 61.3 Å². The van der Waals surface area contributed by atoms with Crippen molar-refractivity contribution in [1.82, 2.24) is 15.0 Å². The van der Waals surface area contributed by atoms with Crippen LogP contribution < -0.4 is 15.6 Å². The maximum absolute atomic E-state index is 5.47. The first-order valence-corrected chi connectivity index (χ1v) is 13.0. The van der Waals surface area contributed by atoms with Crippen LogP contribution in [0.15, 0.2) is 54.7 Å². The molecule has 3 aromatic rings. The molecule has 192 valence electrons. The van der Waals surface area contributed by atoms with Gasteiger partial charge in [0.15, 0.2) is 0 Å². The lowest BCUT2D eigenvalue weighted by atomic mass is 10.1. The number of anilines is 4. The second-order valence-electron chi connectivity index (χ2n) is 9.06. The van der Waals surface area contributed by atoms with Crippen LogP contribution in [0.1, 0.15) is 25.3 Å². The molecule has 8 heteroatoms. The number of unbranched alkanes of at least 4 members (excludes halogenated alkanes) is 1. The van der Waals surface area contributed by atoms with Crippen molar-refractivity contribution in [1.29, 1.82) is 0 Å². The van der Waals surface area contributed by atoms with Gasteiger partial charge in [0.2, 0.25) is 5.95 Å². The molecular weight excluding hydrogens is 464 g/mol.